The molecular weight excluding hydrogens is 445 g/mol. The molecule has 0 spiro atoms. The molecular formula is C23H24F5N3S. The molecule has 0 atom stereocenters. The maximum Gasteiger partial charge on any atom is 0.419 e. The zero-order valence-electron chi connectivity index (χ0n) is 17.8. The van der Waals surface area contributed by atoms with Crippen LogP contribution in [-0.4, -0.2) is 18.6 Å². The Labute approximate surface area is 187 Å². The second kappa shape index (κ2) is 9.85. The third kappa shape index (κ3) is 5.38. The molecule has 0 aliphatic rings. The largest absolute Gasteiger partial charge is 0.419 e. The fraction of sp³-hybridized carbons (Fsp3) is 0.348. The normalized spacial score (nSPS) is 11.7. The van der Waals surface area contributed by atoms with Gasteiger partial charge in [0, 0.05) is 42.3 Å². The predicted octanol–water partition coefficient (Wildman–Crippen LogP) is 6.91. The van der Waals surface area contributed by atoms with Gasteiger partial charge in [-0.2, -0.15) is 13.2 Å². The lowest BCUT2D eigenvalue weighted by Gasteiger charge is -2.26. The first-order valence-electron chi connectivity index (χ1n) is 10.2. The molecule has 0 amide bonds. The Morgan fingerprint density at radius 1 is 1.06 bits per heavy atom. The van der Waals surface area contributed by atoms with Crippen molar-refractivity contribution in [2.75, 3.05) is 24.2 Å². The molecule has 3 rings (SSSR count). The summed E-state index contributed by atoms with van der Waals surface area (Å²) in [5, 5.41) is 1.74. The van der Waals surface area contributed by atoms with Crippen molar-refractivity contribution in [2.45, 2.75) is 38.8 Å². The summed E-state index contributed by atoms with van der Waals surface area (Å²) in [6.45, 7) is 2.52. The van der Waals surface area contributed by atoms with Crippen LogP contribution in [0.4, 0.5) is 33.3 Å². The van der Waals surface area contributed by atoms with Crippen LogP contribution in [0.1, 0.15) is 43.0 Å². The average Bonchev–Trinajstić information content (AvgIpc) is 3.18. The van der Waals surface area contributed by atoms with Crippen molar-refractivity contribution < 1.29 is 22.0 Å². The van der Waals surface area contributed by atoms with Crippen LogP contribution in [0.3, 0.4) is 0 Å². The highest BCUT2D eigenvalue weighted by molar-refractivity contribution is 7.13. The summed E-state index contributed by atoms with van der Waals surface area (Å²) in [5.41, 5.74) is 5.98. The maximum atomic E-state index is 14.2. The zero-order chi connectivity index (χ0) is 23.5. The van der Waals surface area contributed by atoms with Crippen molar-refractivity contribution in [3.63, 3.8) is 0 Å². The van der Waals surface area contributed by atoms with Crippen molar-refractivity contribution in [3.8, 4) is 10.6 Å². The standard InChI is InChI=1S/C23H24F5N3S/c1-3-4-5-10-31(2)19-9-8-18(29)20(21(19)23(26,27)28)22-30-15(13-32-22)11-14-6-7-16(24)17(25)12-14/h6-9,12-13H,3-5,10-11,29H2,1-2H3. The lowest BCUT2D eigenvalue weighted by Crippen LogP contribution is -2.23. The Morgan fingerprint density at radius 3 is 2.47 bits per heavy atom. The fourth-order valence-corrected chi connectivity index (χ4v) is 4.42. The lowest BCUT2D eigenvalue weighted by molar-refractivity contribution is -0.136. The molecule has 3 aromatic rings. The zero-order valence-corrected chi connectivity index (χ0v) is 18.6. The highest BCUT2D eigenvalue weighted by atomic mass is 32.1. The second-order valence-electron chi connectivity index (χ2n) is 7.62. The van der Waals surface area contributed by atoms with Gasteiger partial charge in [0.2, 0.25) is 0 Å². The molecule has 0 radical (unpaired) electrons. The van der Waals surface area contributed by atoms with Crippen molar-refractivity contribution in [3.05, 3.63) is 64.2 Å². The van der Waals surface area contributed by atoms with Crippen molar-refractivity contribution in [2.24, 2.45) is 0 Å². The molecule has 0 fully saturated rings. The molecule has 0 bridgehead atoms. The Hall–Kier alpha value is -2.68. The van der Waals surface area contributed by atoms with Gasteiger partial charge in [-0.3, -0.25) is 0 Å². The number of alkyl halides is 3. The van der Waals surface area contributed by atoms with E-state index >= 15 is 0 Å². The van der Waals surface area contributed by atoms with Crippen molar-refractivity contribution in [1.82, 2.24) is 4.98 Å². The van der Waals surface area contributed by atoms with Gasteiger partial charge in [-0.25, -0.2) is 13.8 Å². The van der Waals surface area contributed by atoms with Gasteiger partial charge in [0.15, 0.2) is 11.6 Å². The predicted molar refractivity (Wildman–Crippen MR) is 119 cm³/mol. The first-order valence-corrected chi connectivity index (χ1v) is 11.1. The number of nitrogens with two attached hydrogens (primary N) is 1. The van der Waals surface area contributed by atoms with E-state index in [9.17, 15) is 22.0 Å². The van der Waals surface area contributed by atoms with Crippen molar-refractivity contribution in [1.29, 1.82) is 0 Å². The molecule has 1 heterocycles. The number of benzene rings is 2. The maximum absolute atomic E-state index is 14.2. The number of halogens is 5. The van der Waals surface area contributed by atoms with Crippen LogP contribution >= 0.6 is 11.3 Å². The topological polar surface area (TPSA) is 42.1 Å². The van der Waals surface area contributed by atoms with Crippen LogP contribution in [-0.2, 0) is 12.6 Å². The number of unbranched alkanes of at least 4 members (excludes halogenated alkanes) is 2. The molecule has 172 valence electrons. The number of hydrogen-bond donors (Lipinski definition) is 1. The molecule has 2 aromatic carbocycles. The van der Waals surface area contributed by atoms with Gasteiger partial charge in [0.05, 0.1) is 11.3 Å². The first kappa shape index (κ1) is 24.0. The Bertz CT molecular complexity index is 1080. The van der Waals surface area contributed by atoms with Gasteiger partial charge < -0.3 is 10.6 Å². The Kier molecular flexibility index (Phi) is 7.38. The molecule has 3 nitrogen and oxygen atoms in total. The number of nitrogens with zero attached hydrogens (tertiary/aromatic N) is 2. The quantitative estimate of drug-likeness (QED) is 0.222. The summed E-state index contributed by atoms with van der Waals surface area (Å²) < 4.78 is 69.2. The second-order valence-corrected chi connectivity index (χ2v) is 8.48. The monoisotopic (exact) mass is 469 g/mol. The smallest absolute Gasteiger partial charge is 0.398 e. The third-order valence-corrected chi connectivity index (χ3v) is 6.05. The first-order chi connectivity index (χ1) is 15.1. The van der Waals surface area contributed by atoms with E-state index < -0.39 is 23.4 Å². The summed E-state index contributed by atoms with van der Waals surface area (Å²) in [6.07, 6.45) is -1.81. The highest BCUT2D eigenvalue weighted by Crippen LogP contribution is 2.46. The van der Waals surface area contributed by atoms with E-state index in [2.05, 4.69) is 4.98 Å². The summed E-state index contributed by atoms with van der Waals surface area (Å²) in [5.74, 6) is -1.95. The van der Waals surface area contributed by atoms with Crippen LogP contribution in [0.5, 0.6) is 0 Å². The van der Waals surface area contributed by atoms with E-state index in [1.807, 2.05) is 6.92 Å². The van der Waals surface area contributed by atoms with Gasteiger partial charge in [-0.15, -0.1) is 11.3 Å². The van der Waals surface area contributed by atoms with Gasteiger partial charge in [0.25, 0.3) is 0 Å². The van der Waals surface area contributed by atoms with Gasteiger partial charge in [-0.1, -0.05) is 25.8 Å². The fourth-order valence-electron chi connectivity index (χ4n) is 3.52. The summed E-state index contributed by atoms with van der Waals surface area (Å²) in [4.78, 5) is 5.94. The van der Waals surface area contributed by atoms with E-state index in [0.29, 0.717) is 17.8 Å². The van der Waals surface area contributed by atoms with E-state index in [1.165, 1.54) is 18.2 Å². The molecule has 0 unspecified atom stereocenters. The molecule has 1 aromatic heterocycles. The Balaban J connectivity index is 2.00. The molecule has 2 N–H and O–H groups in total. The van der Waals surface area contributed by atoms with E-state index in [-0.39, 0.29) is 28.4 Å². The van der Waals surface area contributed by atoms with E-state index in [0.717, 1.165) is 42.7 Å². The molecule has 9 heteroatoms. The van der Waals surface area contributed by atoms with Gasteiger partial charge in [0.1, 0.15) is 5.01 Å². The molecule has 0 aliphatic heterocycles. The number of aromatic nitrogens is 1. The van der Waals surface area contributed by atoms with Crippen LogP contribution in [0.15, 0.2) is 35.7 Å². The van der Waals surface area contributed by atoms with Crippen molar-refractivity contribution >= 4 is 22.7 Å². The molecule has 32 heavy (non-hydrogen) atoms. The lowest BCUT2D eigenvalue weighted by atomic mass is 10.0. The van der Waals surface area contributed by atoms with Crippen LogP contribution in [0.25, 0.3) is 10.6 Å². The van der Waals surface area contributed by atoms with E-state index in [4.69, 9.17) is 5.73 Å². The molecule has 0 saturated carbocycles. The average molecular weight is 470 g/mol. The minimum atomic E-state index is -4.63. The number of hydrogen-bond acceptors (Lipinski definition) is 4. The highest BCUT2D eigenvalue weighted by Gasteiger charge is 2.39. The third-order valence-electron chi connectivity index (χ3n) is 5.14. The SMILES string of the molecule is CCCCCN(C)c1ccc(N)c(-c2nc(Cc3ccc(F)c(F)c3)cs2)c1C(F)(F)F. The summed E-state index contributed by atoms with van der Waals surface area (Å²) in [7, 11) is 1.64. The van der Waals surface area contributed by atoms with Crippen LogP contribution in [0, 0.1) is 11.6 Å². The summed E-state index contributed by atoms with van der Waals surface area (Å²) >= 11 is 1.04. The minimum absolute atomic E-state index is 0.0169. The van der Waals surface area contributed by atoms with Crippen LogP contribution < -0.4 is 10.6 Å². The van der Waals surface area contributed by atoms with Crippen LogP contribution in [0.2, 0.25) is 0 Å². The van der Waals surface area contributed by atoms with Gasteiger partial charge in [-0.05, 0) is 36.2 Å². The summed E-state index contributed by atoms with van der Waals surface area (Å²) in [6, 6.07) is 6.33. The number of anilines is 2. The number of nitrogen functional groups attached to an aromatic ring is 1. The Morgan fingerprint density at radius 2 is 1.81 bits per heavy atom. The molecule has 0 saturated heterocycles. The van der Waals surface area contributed by atoms with E-state index in [1.54, 1.807) is 17.3 Å². The van der Waals surface area contributed by atoms with Gasteiger partial charge >= 0.3 is 6.18 Å². The minimum Gasteiger partial charge on any atom is -0.398 e. The number of thiazole rings is 1. The molecule has 0 aliphatic carbocycles. The number of rotatable bonds is 8.